The Balaban J connectivity index is 1.85. The zero-order valence-corrected chi connectivity index (χ0v) is 12.1. The van der Waals surface area contributed by atoms with Gasteiger partial charge in [-0.05, 0) is 42.7 Å². The first kappa shape index (κ1) is 14.8. The summed E-state index contributed by atoms with van der Waals surface area (Å²) in [5, 5.41) is 10.7. The molecule has 1 amide bonds. The summed E-state index contributed by atoms with van der Waals surface area (Å²) in [5.41, 5.74) is 0. The van der Waals surface area contributed by atoms with Gasteiger partial charge in [-0.2, -0.15) is 0 Å². The molecule has 1 N–H and O–H groups in total. The van der Waals surface area contributed by atoms with E-state index in [4.69, 9.17) is 5.11 Å². The number of hydrogen-bond acceptors (Lipinski definition) is 3. The molecule has 108 valence electrons. The lowest BCUT2D eigenvalue weighted by molar-refractivity contribution is -0.137. The molecule has 0 saturated carbocycles. The molecule has 0 aliphatic carbocycles. The number of aliphatic carboxylic acids is 1. The van der Waals surface area contributed by atoms with Gasteiger partial charge in [0.15, 0.2) is 0 Å². The van der Waals surface area contributed by atoms with Gasteiger partial charge in [-0.25, -0.2) is 0 Å². The highest BCUT2D eigenvalue weighted by Crippen LogP contribution is 2.21. The Kier molecular flexibility index (Phi) is 5.35. The molecular formula is C15H19NO3S. The maximum atomic E-state index is 12.1. The van der Waals surface area contributed by atoms with Crippen LogP contribution in [0, 0.1) is 5.92 Å². The van der Waals surface area contributed by atoms with Gasteiger partial charge in [-0.15, -0.1) is 11.3 Å². The number of likely N-dealkylation sites (tertiary alicyclic amines) is 1. The second-order valence-electron chi connectivity index (χ2n) is 5.07. The summed E-state index contributed by atoms with van der Waals surface area (Å²) in [5.74, 6) is -0.414. The third-order valence-corrected chi connectivity index (χ3v) is 4.37. The van der Waals surface area contributed by atoms with Crippen molar-refractivity contribution in [3.8, 4) is 0 Å². The number of amides is 1. The van der Waals surface area contributed by atoms with E-state index >= 15 is 0 Å². The molecule has 0 bridgehead atoms. The van der Waals surface area contributed by atoms with E-state index in [0.29, 0.717) is 18.9 Å². The van der Waals surface area contributed by atoms with Gasteiger partial charge >= 0.3 is 5.97 Å². The van der Waals surface area contributed by atoms with Gasteiger partial charge in [0, 0.05) is 30.5 Å². The number of carbonyl (C=O) groups is 2. The van der Waals surface area contributed by atoms with Crippen LogP contribution >= 0.6 is 11.3 Å². The van der Waals surface area contributed by atoms with Crippen molar-refractivity contribution in [3.63, 3.8) is 0 Å². The molecular weight excluding hydrogens is 274 g/mol. The van der Waals surface area contributed by atoms with Crippen LogP contribution in [0.2, 0.25) is 0 Å². The van der Waals surface area contributed by atoms with Crippen LogP contribution in [0.1, 0.15) is 30.6 Å². The molecule has 1 saturated heterocycles. The molecule has 1 aromatic heterocycles. The molecule has 1 aliphatic heterocycles. The van der Waals surface area contributed by atoms with Crippen molar-refractivity contribution < 1.29 is 14.7 Å². The maximum Gasteiger partial charge on any atom is 0.303 e. The summed E-state index contributed by atoms with van der Waals surface area (Å²) in [6.07, 6.45) is 6.29. The third-order valence-electron chi connectivity index (χ3n) is 3.53. The number of carbonyl (C=O) groups excluding carboxylic acids is 1. The van der Waals surface area contributed by atoms with Crippen LogP contribution in [0.4, 0.5) is 0 Å². The number of rotatable bonds is 5. The highest BCUT2D eigenvalue weighted by atomic mass is 32.1. The molecule has 1 aromatic rings. The Morgan fingerprint density at radius 3 is 3.05 bits per heavy atom. The average Bonchev–Trinajstić information content (AvgIpc) is 2.96. The zero-order valence-electron chi connectivity index (χ0n) is 11.3. The number of piperidine rings is 1. The van der Waals surface area contributed by atoms with Crippen molar-refractivity contribution in [2.24, 2.45) is 5.92 Å². The first-order valence-corrected chi connectivity index (χ1v) is 7.75. The summed E-state index contributed by atoms with van der Waals surface area (Å²) < 4.78 is 0. The smallest absolute Gasteiger partial charge is 0.303 e. The number of carboxylic acid groups (broad SMARTS) is 1. The van der Waals surface area contributed by atoms with Gasteiger partial charge in [-0.3, -0.25) is 9.59 Å². The fourth-order valence-corrected chi connectivity index (χ4v) is 3.09. The van der Waals surface area contributed by atoms with Crippen molar-refractivity contribution in [3.05, 3.63) is 28.5 Å². The highest BCUT2D eigenvalue weighted by Gasteiger charge is 2.22. The van der Waals surface area contributed by atoms with Crippen molar-refractivity contribution in [2.45, 2.75) is 25.7 Å². The largest absolute Gasteiger partial charge is 0.481 e. The molecule has 20 heavy (non-hydrogen) atoms. The highest BCUT2D eigenvalue weighted by molar-refractivity contribution is 7.10. The monoisotopic (exact) mass is 293 g/mol. The van der Waals surface area contributed by atoms with Crippen molar-refractivity contribution in [2.75, 3.05) is 13.1 Å². The van der Waals surface area contributed by atoms with Crippen LogP contribution in [0.3, 0.4) is 0 Å². The number of carboxylic acids is 1. The molecule has 1 aliphatic rings. The van der Waals surface area contributed by atoms with Crippen LogP contribution < -0.4 is 0 Å². The number of hydrogen-bond donors (Lipinski definition) is 1. The lowest BCUT2D eigenvalue weighted by Crippen LogP contribution is -2.39. The van der Waals surface area contributed by atoms with Gasteiger partial charge < -0.3 is 10.0 Å². The van der Waals surface area contributed by atoms with Crippen LogP contribution in [-0.2, 0) is 9.59 Å². The molecule has 2 heterocycles. The minimum atomic E-state index is -0.758. The Hall–Kier alpha value is -1.62. The molecule has 2 rings (SSSR count). The molecule has 0 unspecified atom stereocenters. The number of nitrogens with zero attached hydrogens (tertiary/aromatic N) is 1. The standard InChI is InChI=1S/C15H19NO3S/c17-14(7-6-13-4-2-10-20-13)16-9-1-3-12(11-16)5-8-15(18)19/h2,4,6-7,10,12H,1,3,5,8-9,11H2,(H,18,19)/b7-6+/t12-/m0/s1. The van der Waals surface area contributed by atoms with Gasteiger partial charge in [0.05, 0.1) is 0 Å². The van der Waals surface area contributed by atoms with Gasteiger partial charge in [0.25, 0.3) is 0 Å². The third kappa shape index (κ3) is 4.49. The van der Waals surface area contributed by atoms with Gasteiger partial charge in [0.2, 0.25) is 5.91 Å². The van der Waals surface area contributed by atoms with E-state index in [0.717, 1.165) is 24.3 Å². The molecule has 1 fully saturated rings. The van der Waals surface area contributed by atoms with E-state index in [-0.39, 0.29) is 12.3 Å². The Morgan fingerprint density at radius 2 is 2.35 bits per heavy atom. The van der Waals surface area contributed by atoms with Crippen LogP contribution in [0.5, 0.6) is 0 Å². The summed E-state index contributed by atoms with van der Waals surface area (Å²) in [6.45, 7) is 1.46. The normalized spacial score (nSPS) is 19.4. The Morgan fingerprint density at radius 1 is 1.50 bits per heavy atom. The quantitative estimate of drug-likeness (QED) is 0.849. The SMILES string of the molecule is O=C(O)CC[C@@H]1CCCN(C(=O)/C=C/c2cccs2)C1. The molecule has 1 atom stereocenters. The van der Waals surface area contributed by atoms with Gasteiger partial charge in [-0.1, -0.05) is 6.07 Å². The van der Waals surface area contributed by atoms with Crippen molar-refractivity contribution in [1.82, 2.24) is 4.90 Å². The molecule has 5 heteroatoms. The Labute approximate surface area is 122 Å². The molecule has 0 spiro atoms. The van der Waals surface area contributed by atoms with Crippen molar-refractivity contribution >= 4 is 29.3 Å². The topological polar surface area (TPSA) is 57.6 Å². The maximum absolute atomic E-state index is 12.1. The van der Waals surface area contributed by atoms with Crippen LogP contribution in [0.15, 0.2) is 23.6 Å². The average molecular weight is 293 g/mol. The van der Waals surface area contributed by atoms with E-state index in [1.165, 1.54) is 0 Å². The predicted octanol–water partition coefficient (Wildman–Crippen LogP) is 2.86. The second kappa shape index (κ2) is 7.24. The number of thiophene rings is 1. The first-order chi connectivity index (χ1) is 9.65. The second-order valence-corrected chi connectivity index (χ2v) is 6.05. The molecule has 0 radical (unpaired) electrons. The first-order valence-electron chi connectivity index (χ1n) is 6.87. The minimum absolute atomic E-state index is 0.0263. The fourth-order valence-electron chi connectivity index (χ4n) is 2.47. The molecule has 0 aromatic carbocycles. The van der Waals surface area contributed by atoms with Crippen LogP contribution in [0.25, 0.3) is 6.08 Å². The van der Waals surface area contributed by atoms with E-state index in [1.807, 2.05) is 28.5 Å². The van der Waals surface area contributed by atoms with E-state index in [1.54, 1.807) is 17.4 Å². The lowest BCUT2D eigenvalue weighted by Gasteiger charge is -2.31. The Bertz CT molecular complexity index is 481. The summed E-state index contributed by atoms with van der Waals surface area (Å²) in [7, 11) is 0. The van der Waals surface area contributed by atoms with Gasteiger partial charge in [0.1, 0.15) is 0 Å². The summed E-state index contributed by atoms with van der Waals surface area (Å²) in [6, 6.07) is 3.93. The summed E-state index contributed by atoms with van der Waals surface area (Å²) in [4.78, 5) is 25.6. The predicted molar refractivity (Wildman–Crippen MR) is 79.5 cm³/mol. The van der Waals surface area contributed by atoms with Crippen LogP contribution in [-0.4, -0.2) is 35.0 Å². The van der Waals surface area contributed by atoms with Crippen molar-refractivity contribution in [1.29, 1.82) is 0 Å². The minimum Gasteiger partial charge on any atom is -0.481 e. The van der Waals surface area contributed by atoms with E-state index in [2.05, 4.69) is 0 Å². The lowest BCUT2D eigenvalue weighted by atomic mass is 9.93. The summed E-state index contributed by atoms with van der Waals surface area (Å²) >= 11 is 1.60. The van der Waals surface area contributed by atoms with E-state index in [9.17, 15) is 9.59 Å². The molecule has 4 nitrogen and oxygen atoms in total. The fraction of sp³-hybridized carbons (Fsp3) is 0.467. The van der Waals surface area contributed by atoms with E-state index < -0.39 is 5.97 Å². The zero-order chi connectivity index (χ0) is 14.4.